The molecule has 0 radical (unpaired) electrons. The van der Waals surface area contributed by atoms with Gasteiger partial charge in [-0.3, -0.25) is 0 Å². The summed E-state index contributed by atoms with van der Waals surface area (Å²) in [5, 5.41) is 0.807. The molecule has 0 saturated heterocycles. The molecule has 3 heteroatoms. The predicted molar refractivity (Wildman–Crippen MR) is 60.7 cm³/mol. The monoisotopic (exact) mass is 219 g/mol. The summed E-state index contributed by atoms with van der Waals surface area (Å²) in [6, 6.07) is 6.09. The predicted octanol–water partition coefficient (Wildman–Crippen LogP) is 3.48. The topological polar surface area (TPSA) is 26.0 Å². The van der Waals surface area contributed by atoms with E-state index in [0.29, 0.717) is 0 Å². The molecule has 0 spiro atoms. The molecule has 0 aliphatic heterocycles. The van der Waals surface area contributed by atoms with Gasteiger partial charge in [0.2, 0.25) is 0 Å². The molecule has 0 fully saturated rings. The highest BCUT2D eigenvalue weighted by molar-refractivity contribution is 6.31. The second-order valence-electron chi connectivity index (χ2n) is 3.02. The molecular weight excluding hydrogens is 205 g/mol. The standard InChI is InChI=1S/C10H14ClN.ClH/c1-3-10(12)8-4-5-9(11)7(2)6-8;/h4-6,10H,3,12H2,1-2H3;1H/t10-;/m1./s1. The van der Waals surface area contributed by atoms with Gasteiger partial charge < -0.3 is 5.73 Å². The van der Waals surface area contributed by atoms with Crippen molar-refractivity contribution in [3.63, 3.8) is 0 Å². The van der Waals surface area contributed by atoms with Crippen molar-refractivity contribution in [2.45, 2.75) is 26.3 Å². The van der Waals surface area contributed by atoms with Gasteiger partial charge in [0.25, 0.3) is 0 Å². The molecule has 1 atom stereocenters. The van der Waals surface area contributed by atoms with Crippen molar-refractivity contribution in [2.75, 3.05) is 0 Å². The number of nitrogens with two attached hydrogens (primary N) is 1. The van der Waals surface area contributed by atoms with Gasteiger partial charge in [-0.15, -0.1) is 12.4 Å². The second kappa shape index (κ2) is 5.48. The summed E-state index contributed by atoms with van der Waals surface area (Å²) in [5.41, 5.74) is 8.13. The Hall–Kier alpha value is -0.240. The molecule has 1 aromatic carbocycles. The van der Waals surface area contributed by atoms with E-state index in [1.807, 2.05) is 19.1 Å². The fraction of sp³-hybridized carbons (Fsp3) is 0.400. The van der Waals surface area contributed by atoms with Crippen LogP contribution in [0.2, 0.25) is 5.02 Å². The average molecular weight is 220 g/mol. The number of benzene rings is 1. The van der Waals surface area contributed by atoms with Crippen LogP contribution in [0.1, 0.15) is 30.5 Å². The Labute approximate surface area is 90.7 Å². The number of aryl methyl sites for hydroxylation is 1. The SMILES string of the molecule is CC[C@@H](N)c1ccc(Cl)c(C)c1.Cl. The fourth-order valence-electron chi connectivity index (χ4n) is 1.13. The normalized spacial score (nSPS) is 12.0. The van der Waals surface area contributed by atoms with Crippen LogP contribution in [0.4, 0.5) is 0 Å². The first-order chi connectivity index (χ1) is 5.65. The van der Waals surface area contributed by atoms with E-state index >= 15 is 0 Å². The van der Waals surface area contributed by atoms with Crippen molar-refractivity contribution in [1.82, 2.24) is 0 Å². The van der Waals surface area contributed by atoms with Crippen LogP contribution in [0.3, 0.4) is 0 Å². The van der Waals surface area contributed by atoms with Crippen LogP contribution in [-0.2, 0) is 0 Å². The molecule has 0 unspecified atom stereocenters. The molecule has 0 saturated carbocycles. The van der Waals surface area contributed by atoms with Crippen LogP contribution in [0.15, 0.2) is 18.2 Å². The van der Waals surface area contributed by atoms with E-state index in [1.165, 1.54) is 5.56 Å². The van der Waals surface area contributed by atoms with Crippen molar-refractivity contribution in [1.29, 1.82) is 0 Å². The number of halogens is 2. The number of hydrogen-bond acceptors (Lipinski definition) is 1. The summed E-state index contributed by atoms with van der Waals surface area (Å²) in [4.78, 5) is 0. The van der Waals surface area contributed by atoms with Crippen LogP contribution in [0.5, 0.6) is 0 Å². The van der Waals surface area contributed by atoms with Gasteiger partial charge in [0.15, 0.2) is 0 Å². The third-order valence-electron chi connectivity index (χ3n) is 2.05. The summed E-state index contributed by atoms with van der Waals surface area (Å²) >= 11 is 5.89. The Morgan fingerprint density at radius 1 is 1.46 bits per heavy atom. The van der Waals surface area contributed by atoms with E-state index in [1.54, 1.807) is 0 Å². The van der Waals surface area contributed by atoms with Crippen LogP contribution < -0.4 is 5.73 Å². The Bertz CT molecular complexity index is 274. The van der Waals surface area contributed by atoms with Crippen LogP contribution >= 0.6 is 24.0 Å². The van der Waals surface area contributed by atoms with Gasteiger partial charge in [-0.25, -0.2) is 0 Å². The highest BCUT2D eigenvalue weighted by atomic mass is 35.5. The molecule has 0 aliphatic carbocycles. The zero-order valence-corrected chi connectivity index (χ0v) is 9.45. The lowest BCUT2D eigenvalue weighted by atomic mass is 10.0. The summed E-state index contributed by atoms with van der Waals surface area (Å²) < 4.78 is 0. The lowest BCUT2D eigenvalue weighted by molar-refractivity contribution is 0.698. The number of hydrogen-bond donors (Lipinski definition) is 1. The minimum atomic E-state index is 0. The van der Waals surface area contributed by atoms with Crippen molar-refractivity contribution in [3.05, 3.63) is 34.3 Å². The maximum atomic E-state index is 5.89. The Morgan fingerprint density at radius 2 is 2.08 bits per heavy atom. The molecule has 74 valence electrons. The highest BCUT2D eigenvalue weighted by Crippen LogP contribution is 2.20. The fourth-order valence-corrected chi connectivity index (χ4v) is 1.25. The lowest BCUT2D eigenvalue weighted by Crippen LogP contribution is -2.08. The smallest absolute Gasteiger partial charge is 0.0435 e. The first-order valence-corrected chi connectivity index (χ1v) is 4.54. The summed E-state index contributed by atoms with van der Waals surface area (Å²) in [6.45, 7) is 4.07. The summed E-state index contributed by atoms with van der Waals surface area (Å²) in [6.07, 6.45) is 0.959. The summed E-state index contributed by atoms with van der Waals surface area (Å²) in [5.74, 6) is 0. The molecule has 13 heavy (non-hydrogen) atoms. The van der Waals surface area contributed by atoms with E-state index in [9.17, 15) is 0 Å². The number of rotatable bonds is 2. The first-order valence-electron chi connectivity index (χ1n) is 4.16. The average Bonchev–Trinajstić information content (AvgIpc) is 2.08. The van der Waals surface area contributed by atoms with Gasteiger partial charge in [0, 0.05) is 11.1 Å². The summed E-state index contributed by atoms with van der Waals surface area (Å²) in [7, 11) is 0. The van der Waals surface area contributed by atoms with Crippen molar-refractivity contribution in [3.8, 4) is 0 Å². The van der Waals surface area contributed by atoms with Gasteiger partial charge in [-0.05, 0) is 30.5 Å². The second-order valence-corrected chi connectivity index (χ2v) is 3.43. The quantitative estimate of drug-likeness (QED) is 0.811. The van der Waals surface area contributed by atoms with Gasteiger partial charge in [0.1, 0.15) is 0 Å². The van der Waals surface area contributed by atoms with Crippen LogP contribution in [0.25, 0.3) is 0 Å². The van der Waals surface area contributed by atoms with Gasteiger partial charge in [-0.2, -0.15) is 0 Å². The van der Waals surface area contributed by atoms with Crippen LogP contribution in [0, 0.1) is 6.92 Å². The van der Waals surface area contributed by atoms with E-state index < -0.39 is 0 Å². The van der Waals surface area contributed by atoms with Gasteiger partial charge in [-0.1, -0.05) is 30.7 Å². The van der Waals surface area contributed by atoms with E-state index in [-0.39, 0.29) is 18.4 Å². The zero-order valence-electron chi connectivity index (χ0n) is 7.88. The van der Waals surface area contributed by atoms with Gasteiger partial charge in [0.05, 0.1) is 0 Å². The molecule has 2 N–H and O–H groups in total. The minimum absolute atomic E-state index is 0. The van der Waals surface area contributed by atoms with E-state index in [2.05, 4.69) is 13.0 Å². The zero-order chi connectivity index (χ0) is 9.14. The Morgan fingerprint density at radius 3 is 2.54 bits per heavy atom. The van der Waals surface area contributed by atoms with Crippen molar-refractivity contribution < 1.29 is 0 Å². The lowest BCUT2D eigenvalue weighted by Gasteiger charge is -2.10. The molecule has 1 aromatic rings. The van der Waals surface area contributed by atoms with E-state index in [4.69, 9.17) is 17.3 Å². The van der Waals surface area contributed by atoms with Crippen molar-refractivity contribution >= 4 is 24.0 Å². The first kappa shape index (κ1) is 12.8. The Balaban J connectivity index is 0.00000144. The molecule has 0 bridgehead atoms. The maximum absolute atomic E-state index is 5.89. The highest BCUT2D eigenvalue weighted by Gasteiger charge is 2.03. The van der Waals surface area contributed by atoms with Crippen molar-refractivity contribution in [2.24, 2.45) is 5.73 Å². The molecule has 0 amide bonds. The molecule has 0 heterocycles. The third kappa shape index (κ3) is 3.18. The Kier molecular flexibility index (Phi) is 5.38. The largest absolute Gasteiger partial charge is 0.324 e. The molecular formula is C10H15Cl2N. The minimum Gasteiger partial charge on any atom is -0.324 e. The maximum Gasteiger partial charge on any atom is 0.0435 e. The molecule has 1 nitrogen and oxygen atoms in total. The molecule has 1 rings (SSSR count). The van der Waals surface area contributed by atoms with Gasteiger partial charge >= 0.3 is 0 Å². The molecule has 0 aliphatic rings. The molecule has 0 aromatic heterocycles. The third-order valence-corrected chi connectivity index (χ3v) is 2.47. The van der Waals surface area contributed by atoms with Crippen LogP contribution in [-0.4, -0.2) is 0 Å². The van der Waals surface area contributed by atoms with E-state index in [0.717, 1.165) is 17.0 Å².